The van der Waals surface area contributed by atoms with E-state index in [-0.39, 0.29) is 6.42 Å². The Labute approximate surface area is 180 Å². The van der Waals surface area contributed by atoms with Crippen molar-refractivity contribution in [3.63, 3.8) is 0 Å². The van der Waals surface area contributed by atoms with Crippen molar-refractivity contribution < 1.29 is 23.8 Å². The van der Waals surface area contributed by atoms with Gasteiger partial charge in [-0.25, -0.2) is 0 Å². The molecule has 1 aliphatic rings. The molecule has 0 radical (unpaired) electrons. The van der Waals surface area contributed by atoms with Crippen LogP contribution in [0.2, 0.25) is 0 Å². The molecular formula is C25H23NO5. The third-order valence-electron chi connectivity index (χ3n) is 4.90. The fraction of sp³-hybridized carbons (Fsp3) is 0.200. The summed E-state index contributed by atoms with van der Waals surface area (Å²) >= 11 is 0. The Morgan fingerprint density at radius 1 is 0.903 bits per heavy atom. The number of ether oxygens (including phenoxy) is 3. The molecule has 3 aromatic carbocycles. The first-order valence-electron chi connectivity index (χ1n) is 10.1. The van der Waals surface area contributed by atoms with E-state index in [4.69, 9.17) is 14.2 Å². The zero-order chi connectivity index (χ0) is 21.6. The van der Waals surface area contributed by atoms with E-state index >= 15 is 0 Å². The second-order valence-corrected chi connectivity index (χ2v) is 7.22. The van der Waals surface area contributed by atoms with Gasteiger partial charge in [0.25, 0.3) is 5.91 Å². The smallest absolute Gasteiger partial charge is 0.311 e. The minimum absolute atomic E-state index is 0.0940. The van der Waals surface area contributed by atoms with Gasteiger partial charge in [-0.2, -0.15) is 0 Å². The van der Waals surface area contributed by atoms with Crippen molar-refractivity contribution in [1.29, 1.82) is 0 Å². The number of benzene rings is 3. The van der Waals surface area contributed by atoms with Gasteiger partial charge in [0, 0.05) is 11.8 Å². The number of esters is 1. The van der Waals surface area contributed by atoms with Crippen LogP contribution in [0, 0.1) is 0 Å². The van der Waals surface area contributed by atoms with Gasteiger partial charge in [0.15, 0.2) is 17.6 Å². The lowest BCUT2D eigenvalue weighted by Crippen LogP contribution is -2.30. The molecule has 0 fully saturated rings. The summed E-state index contributed by atoms with van der Waals surface area (Å²) in [6.45, 7) is 2.51. The van der Waals surface area contributed by atoms with E-state index in [0.717, 1.165) is 16.7 Å². The molecule has 4 rings (SSSR count). The van der Waals surface area contributed by atoms with E-state index in [0.29, 0.717) is 30.4 Å². The molecule has 0 unspecified atom stereocenters. The van der Waals surface area contributed by atoms with Crippen molar-refractivity contribution in [3.05, 3.63) is 78.4 Å². The molecule has 31 heavy (non-hydrogen) atoms. The first kappa shape index (κ1) is 20.5. The normalized spacial score (nSPS) is 13.2. The Morgan fingerprint density at radius 2 is 1.58 bits per heavy atom. The first-order valence-corrected chi connectivity index (χ1v) is 10.1. The highest BCUT2D eigenvalue weighted by atomic mass is 16.6. The average molecular weight is 417 g/mol. The van der Waals surface area contributed by atoms with Gasteiger partial charge < -0.3 is 19.5 Å². The van der Waals surface area contributed by atoms with E-state index in [2.05, 4.69) is 5.32 Å². The van der Waals surface area contributed by atoms with Gasteiger partial charge in [-0.1, -0.05) is 54.6 Å². The Balaban J connectivity index is 1.30. The maximum atomic E-state index is 12.4. The number of anilines is 1. The van der Waals surface area contributed by atoms with Gasteiger partial charge in [-0.3, -0.25) is 9.59 Å². The SMILES string of the molecule is C[C@@H](OC(=O)Cc1ccc(-c2ccccc2)cc1)C(=O)Nc1ccc2c(c1)OCCO2. The molecule has 3 aromatic rings. The zero-order valence-electron chi connectivity index (χ0n) is 17.2. The molecule has 0 saturated carbocycles. The van der Waals surface area contributed by atoms with Crippen LogP contribution >= 0.6 is 0 Å². The van der Waals surface area contributed by atoms with Crippen LogP contribution < -0.4 is 14.8 Å². The number of nitrogens with one attached hydrogen (secondary N) is 1. The lowest BCUT2D eigenvalue weighted by molar-refractivity contribution is -0.152. The molecule has 0 saturated heterocycles. The molecule has 0 spiro atoms. The van der Waals surface area contributed by atoms with Crippen LogP contribution in [0.1, 0.15) is 12.5 Å². The van der Waals surface area contributed by atoms with Gasteiger partial charge in [-0.05, 0) is 35.7 Å². The van der Waals surface area contributed by atoms with Crippen LogP contribution in [0.3, 0.4) is 0 Å². The Kier molecular flexibility index (Phi) is 6.17. The highest BCUT2D eigenvalue weighted by Crippen LogP contribution is 2.32. The molecule has 0 bridgehead atoms. The van der Waals surface area contributed by atoms with Crippen LogP contribution in [0.15, 0.2) is 72.8 Å². The molecule has 1 heterocycles. The number of hydrogen-bond acceptors (Lipinski definition) is 5. The van der Waals surface area contributed by atoms with Crippen molar-refractivity contribution in [1.82, 2.24) is 0 Å². The Morgan fingerprint density at radius 3 is 2.32 bits per heavy atom. The van der Waals surface area contributed by atoms with Crippen LogP contribution in [0.4, 0.5) is 5.69 Å². The minimum atomic E-state index is -0.927. The standard InChI is InChI=1S/C25H23NO5/c1-17(25(28)26-21-11-12-22-23(16-21)30-14-13-29-22)31-24(27)15-18-7-9-20(10-8-18)19-5-3-2-4-6-19/h2-12,16-17H,13-15H2,1H3,(H,26,28)/t17-/m1/s1. The lowest BCUT2D eigenvalue weighted by Gasteiger charge is -2.19. The van der Waals surface area contributed by atoms with Crippen molar-refractivity contribution in [3.8, 4) is 22.6 Å². The summed E-state index contributed by atoms with van der Waals surface area (Å²) in [4.78, 5) is 24.7. The van der Waals surface area contributed by atoms with Crippen molar-refractivity contribution in [2.24, 2.45) is 0 Å². The monoisotopic (exact) mass is 417 g/mol. The largest absolute Gasteiger partial charge is 0.486 e. The van der Waals surface area contributed by atoms with Crippen molar-refractivity contribution in [2.75, 3.05) is 18.5 Å². The molecule has 1 aliphatic heterocycles. The molecular weight excluding hydrogens is 394 g/mol. The number of carbonyl (C=O) groups is 2. The summed E-state index contributed by atoms with van der Waals surface area (Å²) in [5.41, 5.74) is 3.56. The second-order valence-electron chi connectivity index (χ2n) is 7.22. The number of carbonyl (C=O) groups excluding carboxylic acids is 2. The molecule has 0 aromatic heterocycles. The van der Waals surface area contributed by atoms with E-state index in [1.165, 1.54) is 0 Å². The summed E-state index contributed by atoms with van der Waals surface area (Å²) in [7, 11) is 0. The number of fused-ring (bicyclic) bond motifs is 1. The average Bonchev–Trinajstić information content (AvgIpc) is 2.80. The van der Waals surface area contributed by atoms with Crippen LogP contribution in [-0.4, -0.2) is 31.2 Å². The molecule has 158 valence electrons. The molecule has 1 N–H and O–H groups in total. The third kappa shape index (κ3) is 5.22. The molecule has 6 nitrogen and oxygen atoms in total. The highest BCUT2D eigenvalue weighted by molar-refractivity contribution is 5.95. The van der Waals surface area contributed by atoms with Gasteiger partial charge in [0.1, 0.15) is 13.2 Å². The fourth-order valence-corrected chi connectivity index (χ4v) is 3.27. The number of hydrogen-bond donors (Lipinski definition) is 1. The van der Waals surface area contributed by atoms with Crippen LogP contribution in [0.25, 0.3) is 11.1 Å². The quantitative estimate of drug-likeness (QED) is 0.608. The van der Waals surface area contributed by atoms with E-state index < -0.39 is 18.0 Å². The van der Waals surface area contributed by atoms with Crippen LogP contribution in [0.5, 0.6) is 11.5 Å². The highest BCUT2D eigenvalue weighted by Gasteiger charge is 2.19. The maximum absolute atomic E-state index is 12.4. The summed E-state index contributed by atoms with van der Waals surface area (Å²) < 4.78 is 16.3. The van der Waals surface area contributed by atoms with Gasteiger partial charge in [0.2, 0.25) is 0 Å². The maximum Gasteiger partial charge on any atom is 0.311 e. The Bertz CT molecular complexity index is 1060. The minimum Gasteiger partial charge on any atom is -0.486 e. The zero-order valence-corrected chi connectivity index (χ0v) is 17.2. The van der Waals surface area contributed by atoms with Crippen molar-refractivity contribution in [2.45, 2.75) is 19.4 Å². The summed E-state index contributed by atoms with van der Waals surface area (Å²) in [6.07, 6.45) is -0.833. The Hall–Kier alpha value is -3.80. The molecule has 1 amide bonds. The summed E-state index contributed by atoms with van der Waals surface area (Å²) in [6, 6.07) is 22.9. The summed E-state index contributed by atoms with van der Waals surface area (Å²) in [5.74, 6) is 0.344. The number of rotatable bonds is 6. The van der Waals surface area contributed by atoms with Crippen molar-refractivity contribution >= 4 is 17.6 Å². The van der Waals surface area contributed by atoms with E-state index in [9.17, 15) is 9.59 Å². The van der Waals surface area contributed by atoms with E-state index in [1.54, 1.807) is 25.1 Å². The molecule has 6 heteroatoms. The van der Waals surface area contributed by atoms with Crippen LogP contribution in [-0.2, 0) is 20.7 Å². The van der Waals surface area contributed by atoms with Gasteiger partial charge in [0.05, 0.1) is 6.42 Å². The molecule has 1 atom stereocenters. The predicted octanol–water partition coefficient (Wildman–Crippen LogP) is 4.24. The summed E-state index contributed by atoms with van der Waals surface area (Å²) in [5, 5.41) is 2.73. The lowest BCUT2D eigenvalue weighted by atomic mass is 10.0. The topological polar surface area (TPSA) is 73.9 Å². The second kappa shape index (κ2) is 9.34. The first-order chi connectivity index (χ1) is 15.1. The van der Waals surface area contributed by atoms with Gasteiger partial charge in [-0.15, -0.1) is 0 Å². The fourth-order valence-electron chi connectivity index (χ4n) is 3.27. The van der Waals surface area contributed by atoms with E-state index in [1.807, 2.05) is 54.6 Å². The third-order valence-corrected chi connectivity index (χ3v) is 4.90. The predicted molar refractivity (Wildman–Crippen MR) is 117 cm³/mol. The molecule has 0 aliphatic carbocycles. The number of amides is 1. The van der Waals surface area contributed by atoms with Gasteiger partial charge >= 0.3 is 5.97 Å².